The van der Waals surface area contributed by atoms with E-state index in [0.717, 1.165) is 36.8 Å². The van der Waals surface area contributed by atoms with E-state index in [1.807, 2.05) is 16.8 Å². The number of carbonyl (C=O) groups is 1. The molecule has 220 valence electrons. The maximum atomic E-state index is 16.5. The number of amides is 1. The largest absolute Gasteiger partial charge is 0.462 e. The summed E-state index contributed by atoms with van der Waals surface area (Å²) in [4.78, 5) is 31.4. The van der Waals surface area contributed by atoms with Gasteiger partial charge in [-0.3, -0.25) is 14.7 Å². The molecule has 3 fully saturated rings. The van der Waals surface area contributed by atoms with Gasteiger partial charge in [0.2, 0.25) is 5.91 Å². The number of likely N-dealkylation sites (N-methyl/N-ethyl adjacent to an activating group) is 1. The smallest absolute Gasteiger partial charge is 0.319 e. The number of nitrogens with zero attached hydrogens (tertiary/aromatic N) is 6. The standard InChI is InChI=1S/C31H33F3N6O2/c1-3-26(41)39-9-8-24-25(39)15-40(24)30-21-11-23(33)27(22-13-35-12-17-6-4-5-7-20(17)22)28(34)29(21)36-31(37-30)42-16-19-10-18(32)14-38(19)2/h3,11-13,18-19,24-25H,1,4-10,14-16H2,2H3/t18-,19+,24-,25-/m1/s1. The van der Waals surface area contributed by atoms with Crippen LogP contribution < -0.4 is 9.64 Å². The predicted octanol–water partition coefficient (Wildman–Crippen LogP) is 4.25. The van der Waals surface area contributed by atoms with Gasteiger partial charge in [0.1, 0.15) is 29.9 Å². The molecule has 0 radical (unpaired) electrons. The minimum Gasteiger partial charge on any atom is -0.462 e. The first-order chi connectivity index (χ1) is 20.3. The Balaban J connectivity index is 1.31. The van der Waals surface area contributed by atoms with Gasteiger partial charge in [-0.15, -0.1) is 0 Å². The number of fused-ring (bicyclic) bond motifs is 3. The van der Waals surface area contributed by atoms with Crippen LogP contribution in [0.25, 0.3) is 22.0 Å². The monoisotopic (exact) mass is 578 g/mol. The summed E-state index contributed by atoms with van der Waals surface area (Å²) in [6.45, 7) is 5.10. The number of aromatic nitrogens is 3. The molecule has 4 atom stereocenters. The first kappa shape index (κ1) is 27.1. The number of rotatable bonds is 6. The van der Waals surface area contributed by atoms with Crippen LogP contribution in [0.2, 0.25) is 0 Å². The zero-order valence-electron chi connectivity index (χ0n) is 23.5. The average molecular weight is 579 g/mol. The molecule has 1 aromatic carbocycles. The van der Waals surface area contributed by atoms with E-state index < -0.39 is 17.8 Å². The van der Waals surface area contributed by atoms with E-state index in [-0.39, 0.29) is 53.1 Å². The molecule has 8 nitrogen and oxygen atoms in total. The molecule has 11 heteroatoms. The number of anilines is 1. The molecular weight excluding hydrogens is 545 g/mol. The SMILES string of the molecule is C=CC(=O)N1CC[C@@H]2[C@H]1CN2c1nc(OC[C@@H]2C[C@@H](F)CN2C)nc2c(F)c(-c3cncc4c3CCCC4)c(F)cc12. The fraction of sp³-hybridized carbons (Fsp3) is 0.484. The number of ether oxygens (including phenoxy) is 1. The van der Waals surface area contributed by atoms with Crippen LogP contribution in [0.3, 0.4) is 0 Å². The Morgan fingerprint density at radius 2 is 2.00 bits per heavy atom. The summed E-state index contributed by atoms with van der Waals surface area (Å²) in [5.74, 6) is -1.25. The Morgan fingerprint density at radius 3 is 2.79 bits per heavy atom. The van der Waals surface area contributed by atoms with Gasteiger partial charge in [-0.05, 0) is 68.8 Å². The molecule has 1 amide bonds. The van der Waals surface area contributed by atoms with Gasteiger partial charge in [-0.25, -0.2) is 13.2 Å². The number of likely N-dealkylation sites (tertiary alicyclic amines) is 2. The molecule has 3 aromatic rings. The van der Waals surface area contributed by atoms with Crippen molar-refractivity contribution >= 4 is 22.6 Å². The number of alkyl halides is 1. The quantitative estimate of drug-likeness (QED) is 0.405. The van der Waals surface area contributed by atoms with Crippen molar-refractivity contribution < 1.29 is 22.7 Å². The summed E-state index contributed by atoms with van der Waals surface area (Å²) in [6.07, 6.45) is 8.24. The highest BCUT2D eigenvalue weighted by molar-refractivity contribution is 5.95. The molecular formula is C31H33F3N6O2. The van der Waals surface area contributed by atoms with Gasteiger partial charge in [0.25, 0.3) is 0 Å². The second kappa shape index (κ2) is 10.5. The average Bonchev–Trinajstić information content (AvgIpc) is 3.48. The van der Waals surface area contributed by atoms with Crippen molar-refractivity contribution in [3.05, 3.63) is 53.9 Å². The van der Waals surface area contributed by atoms with Gasteiger partial charge in [0.05, 0.1) is 17.6 Å². The van der Waals surface area contributed by atoms with Gasteiger partial charge in [-0.1, -0.05) is 6.58 Å². The molecule has 0 spiro atoms. The second-order valence-electron chi connectivity index (χ2n) is 11.9. The third kappa shape index (κ3) is 4.40. The molecule has 1 aliphatic carbocycles. The molecule has 2 aromatic heterocycles. The van der Waals surface area contributed by atoms with Crippen LogP contribution in [0, 0.1) is 11.6 Å². The lowest BCUT2D eigenvalue weighted by Gasteiger charge is -2.47. The van der Waals surface area contributed by atoms with Crippen molar-refractivity contribution in [1.29, 1.82) is 0 Å². The summed E-state index contributed by atoms with van der Waals surface area (Å²) in [7, 11) is 1.83. The lowest BCUT2D eigenvalue weighted by molar-refractivity contribution is -0.127. The molecule has 0 N–H and O–H groups in total. The highest BCUT2D eigenvalue weighted by Crippen LogP contribution is 2.42. The van der Waals surface area contributed by atoms with Crippen molar-refractivity contribution in [2.75, 3.05) is 38.2 Å². The Morgan fingerprint density at radius 1 is 1.17 bits per heavy atom. The highest BCUT2D eigenvalue weighted by Gasteiger charge is 2.49. The molecule has 5 heterocycles. The fourth-order valence-electron chi connectivity index (χ4n) is 7.20. The van der Waals surface area contributed by atoms with Crippen LogP contribution in [-0.4, -0.2) is 88.2 Å². The molecule has 3 aliphatic heterocycles. The van der Waals surface area contributed by atoms with E-state index in [2.05, 4.69) is 21.5 Å². The number of hydrogen-bond donors (Lipinski definition) is 0. The number of benzene rings is 1. The minimum absolute atomic E-state index is 0.0330. The van der Waals surface area contributed by atoms with Crippen LogP contribution in [0.1, 0.15) is 36.8 Å². The third-order valence-electron chi connectivity index (χ3n) is 9.45. The van der Waals surface area contributed by atoms with Crippen LogP contribution in [0.15, 0.2) is 31.1 Å². The maximum absolute atomic E-state index is 16.5. The number of halogens is 3. The highest BCUT2D eigenvalue weighted by atomic mass is 19.1. The molecule has 0 bridgehead atoms. The fourth-order valence-corrected chi connectivity index (χ4v) is 7.20. The molecule has 0 saturated carbocycles. The van der Waals surface area contributed by atoms with Crippen LogP contribution in [0.5, 0.6) is 6.01 Å². The van der Waals surface area contributed by atoms with E-state index in [9.17, 15) is 9.18 Å². The zero-order valence-corrected chi connectivity index (χ0v) is 23.5. The van der Waals surface area contributed by atoms with Crippen molar-refractivity contribution in [2.45, 2.75) is 62.8 Å². The summed E-state index contributed by atoms with van der Waals surface area (Å²) >= 11 is 0. The summed E-state index contributed by atoms with van der Waals surface area (Å²) in [6, 6.07) is 1.01. The maximum Gasteiger partial charge on any atom is 0.319 e. The normalized spacial score (nSPS) is 25.3. The van der Waals surface area contributed by atoms with Gasteiger partial charge in [-0.2, -0.15) is 9.97 Å². The topological polar surface area (TPSA) is 74.7 Å². The van der Waals surface area contributed by atoms with E-state index in [4.69, 9.17) is 4.74 Å². The van der Waals surface area contributed by atoms with Gasteiger partial charge >= 0.3 is 6.01 Å². The second-order valence-corrected chi connectivity index (χ2v) is 11.9. The van der Waals surface area contributed by atoms with Gasteiger partial charge < -0.3 is 14.5 Å². The Labute approximate surface area is 242 Å². The Kier molecular flexibility index (Phi) is 6.79. The summed E-state index contributed by atoms with van der Waals surface area (Å²) < 4.78 is 52.4. The molecule has 4 aliphatic rings. The number of carbonyl (C=O) groups excluding carboxylic acids is 1. The first-order valence-electron chi connectivity index (χ1n) is 14.7. The lowest BCUT2D eigenvalue weighted by Crippen LogP contribution is -2.63. The predicted molar refractivity (Wildman–Crippen MR) is 152 cm³/mol. The number of pyridine rings is 1. The van der Waals surface area contributed by atoms with Crippen LogP contribution in [0.4, 0.5) is 19.0 Å². The van der Waals surface area contributed by atoms with Gasteiger partial charge in [0, 0.05) is 49.0 Å². The van der Waals surface area contributed by atoms with Crippen molar-refractivity contribution in [1.82, 2.24) is 24.8 Å². The summed E-state index contributed by atoms with van der Waals surface area (Å²) in [5, 5.41) is 0.243. The number of hydrogen-bond acceptors (Lipinski definition) is 7. The van der Waals surface area contributed by atoms with E-state index in [1.165, 1.54) is 18.3 Å². The lowest BCUT2D eigenvalue weighted by atomic mass is 9.87. The molecule has 3 saturated heterocycles. The first-order valence-corrected chi connectivity index (χ1v) is 14.7. The Bertz CT molecular complexity index is 1580. The van der Waals surface area contributed by atoms with Crippen molar-refractivity contribution in [3.63, 3.8) is 0 Å². The number of aryl methyl sites for hydroxylation is 1. The molecule has 7 rings (SSSR count). The van der Waals surface area contributed by atoms with Crippen LogP contribution in [-0.2, 0) is 17.6 Å². The van der Waals surface area contributed by atoms with Crippen molar-refractivity contribution in [3.8, 4) is 17.1 Å². The molecule has 0 unspecified atom stereocenters. The van der Waals surface area contributed by atoms with E-state index in [0.29, 0.717) is 43.9 Å². The Hall–Kier alpha value is -3.73. The third-order valence-corrected chi connectivity index (χ3v) is 9.45. The van der Waals surface area contributed by atoms with Crippen LogP contribution >= 0.6 is 0 Å². The van der Waals surface area contributed by atoms with Crippen molar-refractivity contribution in [2.24, 2.45) is 0 Å². The van der Waals surface area contributed by atoms with E-state index >= 15 is 8.78 Å². The molecule has 42 heavy (non-hydrogen) atoms. The van der Waals surface area contributed by atoms with E-state index in [1.54, 1.807) is 11.1 Å². The summed E-state index contributed by atoms with van der Waals surface area (Å²) in [5.41, 5.74) is 2.21. The zero-order chi connectivity index (χ0) is 29.1. The van der Waals surface area contributed by atoms with Gasteiger partial charge in [0.15, 0.2) is 5.82 Å². The minimum atomic E-state index is -0.938.